The number of carbonyl (C=O) groups excluding carboxylic acids is 1. The summed E-state index contributed by atoms with van der Waals surface area (Å²) < 4.78 is 11.7. The summed E-state index contributed by atoms with van der Waals surface area (Å²) in [7, 11) is -1.05. The molecule has 1 saturated heterocycles. The maximum Gasteiger partial charge on any atom is 0.166 e. The first-order chi connectivity index (χ1) is 10.1. The van der Waals surface area contributed by atoms with Gasteiger partial charge in [-0.15, -0.1) is 11.8 Å². The lowest BCUT2D eigenvalue weighted by Gasteiger charge is -2.35. The zero-order valence-electron chi connectivity index (χ0n) is 12.6. The van der Waals surface area contributed by atoms with E-state index < -0.39 is 14.9 Å². The number of thioether (sulfide) groups is 1. The Bertz CT molecular complexity index is 506. The lowest BCUT2D eigenvalue weighted by molar-refractivity contribution is -0.122. The molecule has 3 nitrogen and oxygen atoms in total. The van der Waals surface area contributed by atoms with E-state index >= 15 is 0 Å². The Kier molecular flexibility index (Phi) is 5.88. The van der Waals surface area contributed by atoms with Crippen LogP contribution < -0.4 is 5.32 Å². The van der Waals surface area contributed by atoms with Crippen LogP contribution in [0.15, 0.2) is 30.3 Å². The van der Waals surface area contributed by atoms with E-state index in [4.69, 9.17) is 0 Å². The van der Waals surface area contributed by atoms with Crippen molar-refractivity contribution >= 4 is 34.0 Å². The van der Waals surface area contributed by atoms with Crippen LogP contribution in [0, 0.1) is 5.92 Å². The molecule has 1 aromatic carbocycles. The van der Waals surface area contributed by atoms with E-state index in [0.717, 1.165) is 17.9 Å². The van der Waals surface area contributed by atoms with Gasteiger partial charge in [-0.05, 0) is 30.7 Å². The SMILES string of the molecule is CC[C@]1(C(=O)[C@H](C)CNc2ccccc2)SCCCS1=O. The molecule has 3 atom stereocenters. The third-order valence-corrected chi connectivity index (χ3v) is 8.10. The summed E-state index contributed by atoms with van der Waals surface area (Å²) in [5.41, 5.74) is 1.01. The summed E-state index contributed by atoms with van der Waals surface area (Å²) in [6, 6.07) is 9.87. The largest absolute Gasteiger partial charge is 0.384 e. The molecule has 0 bridgehead atoms. The van der Waals surface area contributed by atoms with Crippen molar-refractivity contribution in [3.63, 3.8) is 0 Å². The predicted molar refractivity (Wildman–Crippen MR) is 92.2 cm³/mol. The Hall–Kier alpha value is -0.810. The van der Waals surface area contributed by atoms with Gasteiger partial charge in [-0.1, -0.05) is 32.0 Å². The molecule has 0 spiro atoms. The second kappa shape index (κ2) is 7.45. The van der Waals surface area contributed by atoms with Gasteiger partial charge in [0.2, 0.25) is 0 Å². The molecular weight excluding hydrogens is 302 g/mol. The maximum absolute atomic E-state index is 12.8. The molecule has 1 fully saturated rings. The van der Waals surface area contributed by atoms with E-state index in [1.807, 2.05) is 44.2 Å². The zero-order chi connectivity index (χ0) is 15.3. The molecule has 1 aliphatic rings. The van der Waals surface area contributed by atoms with E-state index in [1.54, 1.807) is 11.8 Å². The molecular formula is C16H23NO2S2. The Morgan fingerprint density at radius 1 is 1.43 bits per heavy atom. The van der Waals surface area contributed by atoms with Crippen molar-refractivity contribution in [1.82, 2.24) is 0 Å². The molecule has 1 N–H and O–H groups in total. The number of Topliss-reactive ketones (excluding diaryl/α,β-unsaturated/α-hetero) is 1. The van der Waals surface area contributed by atoms with Gasteiger partial charge >= 0.3 is 0 Å². The summed E-state index contributed by atoms with van der Waals surface area (Å²) in [4.78, 5) is 12.8. The van der Waals surface area contributed by atoms with Crippen molar-refractivity contribution < 1.29 is 9.00 Å². The Labute approximate surface area is 133 Å². The molecule has 5 heteroatoms. The smallest absolute Gasteiger partial charge is 0.166 e. The number of nitrogens with one attached hydrogen (secondary N) is 1. The van der Waals surface area contributed by atoms with E-state index in [1.165, 1.54) is 0 Å². The first-order valence-electron chi connectivity index (χ1n) is 7.46. The normalized spacial score (nSPS) is 27.0. The number of anilines is 1. The van der Waals surface area contributed by atoms with Crippen LogP contribution in [0.5, 0.6) is 0 Å². The van der Waals surface area contributed by atoms with Crippen LogP contribution in [-0.2, 0) is 15.6 Å². The highest BCUT2D eigenvalue weighted by Gasteiger charge is 2.46. The number of rotatable bonds is 6. The number of hydrogen-bond donors (Lipinski definition) is 1. The van der Waals surface area contributed by atoms with Crippen molar-refractivity contribution in [3.8, 4) is 0 Å². The highest BCUT2D eigenvalue weighted by atomic mass is 32.2. The van der Waals surface area contributed by atoms with Crippen molar-refractivity contribution in [2.75, 3.05) is 23.4 Å². The maximum atomic E-state index is 12.8. The van der Waals surface area contributed by atoms with Gasteiger partial charge in [-0.2, -0.15) is 0 Å². The molecule has 1 aromatic rings. The van der Waals surface area contributed by atoms with Gasteiger partial charge in [-0.3, -0.25) is 9.00 Å². The lowest BCUT2D eigenvalue weighted by Crippen LogP contribution is -2.47. The standard InChI is InChI=1S/C16H23NO2S2/c1-3-16(20-10-7-11-21(16)19)15(18)13(2)12-17-14-8-5-4-6-9-14/h4-6,8-9,13,17H,3,7,10-12H2,1-2H3/t13-,16+,21?/m1/s1. The summed E-state index contributed by atoms with van der Waals surface area (Å²) in [5, 5.41) is 3.29. The van der Waals surface area contributed by atoms with Gasteiger partial charge in [0.1, 0.15) is 4.08 Å². The molecule has 2 rings (SSSR count). The minimum atomic E-state index is -1.05. The van der Waals surface area contributed by atoms with E-state index in [2.05, 4.69) is 5.32 Å². The van der Waals surface area contributed by atoms with Crippen molar-refractivity contribution in [2.24, 2.45) is 5.92 Å². The summed E-state index contributed by atoms with van der Waals surface area (Å²) >= 11 is 1.60. The monoisotopic (exact) mass is 325 g/mol. The van der Waals surface area contributed by atoms with E-state index in [-0.39, 0.29) is 11.7 Å². The fourth-order valence-corrected chi connectivity index (χ4v) is 6.43. The number of benzene rings is 1. The fraction of sp³-hybridized carbons (Fsp3) is 0.562. The molecule has 0 saturated carbocycles. The van der Waals surface area contributed by atoms with Gasteiger partial charge in [0.05, 0.1) is 0 Å². The minimum Gasteiger partial charge on any atom is -0.384 e. The first kappa shape index (κ1) is 16.6. The molecule has 0 aliphatic carbocycles. The van der Waals surface area contributed by atoms with Gasteiger partial charge in [0.25, 0.3) is 0 Å². The lowest BCUT2D eigenvalue weighted by atomic mass is 10.0. The quantitative estimate of drug-likeness (QED) is 0.872. The molecule has 0 radical (unpaired) electrons. The van der Waals surface area contributed by atoms with Crippen molar-refractivity contribution in [1.29, 1.82) is 0 Å². The van der Waals surface area contributed by atoms with E-state index in [9.17, 15) is 9.00 Å². The molecule has 21 heavy (non-hydrogen) atoms. The van der Waals surface area contributed by atoms with Crippen LogP contribution in [-0.4, -0.2) is 32.1 Å². The second-order valence-electron chi connectivity index (χ2n) is 5.37. The first-order valence-corrected chi connectivity index (χ1v) is 9.76. The van der Waals surface area contributed by atoms with Gasteiger partial charge < -0.3 is 5.32 Å². The Morgan fingerprint density at radius 2 is 2.14 bits per heavy atom. The number of para-hydroxylation sites is 1. The number of ketones is 1. The Balaban J connectivity index is 2.02. The molecule has 0 aromatic heterocycles. The minimum absolute atomic E-state index is 0.136. The fourth-order valence-electron chi connectivity index (χ4n) is 2.57. The number of carbonyl (C=O) groups is 1. The van der Waals surface area contributed by atoms with Crippen LogP contribution in [0.4, 0.5) is 5.69 Å². The topological polar surface area (TPSA) is 46.2 Å². The Morgan fingerprint density at radius 3 is 2.76 bits per heavy atom. The van der Waals surface area contributed by atoms with Crippen LogP contribution in [0.25, 0.3) is 0 Å². The molecule has 1 aliphatic heterocycles. The summed E-state index contributed by atoms with van der Waals surface area (Å²) in [6.07, 6.45) is 1.60. The molecule has 1 heterocycles. The average molecular weight is 325 g/mol. The third kappa shape index (κ3) is 3.69. The van der Waals surface area contributed by atoms with Crippen molar-refractivity contribution in [2.45, 2.75) is 30.8 Å². The zero-order valence-corrected chi connectivity index (χ0v) is 14.3. The van der Waals surface area contributed by atoms with Gasteiger partial charge in [0, 0.05) is 34.7 Å². The summed E-state index contributed by atoms with van der Waals surface area (Å²) in [5.74, 6) is 1.59. The van der Waals surface area contributed by atoms with Gasteiger partial charge in [0.15, 0.2) is 5.78 Å². The highest BCUT2D eigenvalue weighted by Crippen LogP contribution is 2.40. The van der Waals surface area contributed by atoms with Gasteiger partial charge in [-0.25, -0.2) is 0 Å². The average Bonchev–Trinajstić information content (AvgIpc) is 2.53. The van der Waals surface area contributed by atoms with Crippen molar-refractivity contribution in [3.05, 3.63) is 30.3 Å². The molecule has 1 unspecified atom stereocenters. The molecule has 0 amide bonds. The summed E-state index contributed by atoms with van der Waals surface area (Å²) in [6.45, 7) is 4.50. The number of hydrogen-bond acceptors (Lipinski definition) is 4. The second-order valence-corrected chi connectivity index (χ2v) is 8.82. The van der Waals surface area contributed by atoms with Crippen LogP contribution in [0.1, 0.15) is 26.7 Å². The highest BCUT2D eigenvalue weighted by molar-refractivity contribution is 8.14. The van der Waals surface area contributed by atoms with E-state index in [0.29, 0.717) is 18.7 Å². The van der Waals surface area contributed by atoms with Crippen LogP contribution in [0.2, 0.25) is 0 Å². The molecule has 116 valence electrons. The third-order valence-electron chi connectivity index (χ3n) is 3.85. The van der Waals surface area contributed by atoms with Crippen LogP contribution >= 0.6 is 11.8 Å². The van der Waals surface area contributed by atoms with Crippen LogP contribution in [0.3, 0.4) is 0 Å². The predicted octanol–water partition coefficient (Wildman–Crippen LogP) is 3.30.